The van der Waals surface area contributed by atoms with Crippen LogP contribution in [0.5, 0.6) is 5.75 Å². The van der Waals surface area contributed by atoms with Gasteiger partial charge >= 0.3 is 0 Å². The summed E-state index contributed by atoms with van der Waals surface area (Å²) in [6, 6.07) is 11.2. The Labute approximate surface area is 143 Å². The third-order valence-electron chi connectivity index (χ3n) is 3.82. The van der Waals surface area contributed by atoms with Gasteiger partial charge in [0.1, 0.15) is 17.1 Å². The van der Waals surface area contributed by atoms with E-state index >= 15 is 0 Å². The van der Waals surface area contributed by atoms with Crippen molar-refractivity contribution < 1.29 is 13.9 Å². The number of hydrogen-bond acceptors (Lipinski definition) is 3. The molecule has 0 radical (unpaired) electrons. The largest absolute Gasteiger partial charge is 0.492 e. The number of nitrogens with one attached hydrogen (secondary N) is 2. The van der Waals surface area contributed by atoms with E-state index in [2.05, 4.69) is 10.3 Å². The number of aromatic nitrogens is 1. The number of hydrogen-bond donors (Lipinski definition) is 2. The average molecular weight is 340 g/mol. The Bertz CT molecular complexity index is 982. The summed E-state index contributed by atoms with van der Waals surface area (Å²) in [6.45, 7) is 2.31. The lowest BCUT2D eigenvalue weighted by Crippen LogP contribution is -2.28. The molecule has 5 nitrogen and oxygen atoms in total. The van der Waals surface area contributed by atoms with E-state index in [9.17, 15) is 14.0 Å². The van der Waals surface area contributed by atoms with Crippen molar-refractivity contribution in [3.63, 3.8) is 0 Å². The Balaban J connectivity index is 1.88. The first-order chi connectivity index (χ1) is 12.1. The Hall–Kier alpha value is -3.15. The zero-order chi connectivity index (χ0) is 17.8. The molecule has 1 aromatic heterocycles. The van der Waals surface area contributed by atoms with Crippen LogP contribution in [0.25, 0.3) is 10.9 Å². The molecule has 1 amide bonds. The van der Waals surface area contributed by atoms with Crippen molar-refractivity contribution in [1.82, 2.24) is 10.3 Å². The monoisotopic (exact) mass is 340 g/mol. The van der Waals surface area contributed by atoms with Crippen LogP contribution < -0.4 is 15.5 Å². The molecule has 3 aromatic rings. The zero-order valence-electron chi connectivity index (χ0n) is 13.6. The van der Waals surface area contributed by atoms with E-state index in [4.69, 9.17) is 4.74 Å². The SMILES string of the molecule is CCOc1cccc2c(=O)c(C(=O)NCc3ccccc3F)c[nH]c12. The number of benzene rings is 2. The van der Waals surface area contributed by atoms with Crippen LogP contribution in [0.4, 0.5) is 4.39 Å². The van der Waals surface area contributed by atoms with Crippen LogP contribution in [0.15, 0.2) is 53.5 Å². The first kappa shape index (κ1) is 16.7. The van der Waals surface area contributed by atoms with Gasteiger partial charge in [0.05, 0.1) is 17.5 Å². The minimum absolute atomic E-state index is 0.00195. The molecular formula is C19H17FN2O3. The highest BCUT2D eigenvalue weighted by atomic mass is 19.1. The van der Waals surface area contributed by atoms with Crippen LogP contribution in [-0.4, -0.2) is 17.5 Å². The maximum Gasteiger partial charge on any atom is 0.257 e. The second-order valence-corrected chi connectivity index (χ2v) is 5.42. The molecule has 0 bridgehead atoms. The molecule has 128 valence electrons. The normalized spacial score (nSPS) is 10.6. The second kappa shape index (κ2) is 7.17. The molecule has 0 unspecified atom stereocenters. The molecule has 2 N–H and O–H groups in total. The maximum absolute atomic E-state index is 13.6. The summed E-state index contributed by atoms with van der Waals surface area (Å²) < 4.78 is 19.1. The quantitative estimate of drug-likeness (QED) is 0.750. The minimum atomic E-state index is -0.562. The van der Waals surface area contributed by atoms with E-state index in [1.165, 1.54) is 12.3 Å². The van der Waals surface area contributed by atoms with Crippen molar-refractivity contribution in [2.45, 2.75) is 13.5 Å². The van der Waals surface area contributed by atoms with Crippen molar-refractivity contribution in [3.8, 4) is 5.75 Å². The molecule has 0 saturated carbocycles. The third kappa shape index (κ3) is 3.38. The van der Waals surface area contributed by atoms with E-state index in [1.54, 1.807) is 36.4 Å². The summed E-state index contributed by atoms with van der Waals surface area (Å²) >= 11 is 0. The molecule has 0 spiro atoms. The molecule has 0 fully saturated rings. The first-order valence-corrected chi connectivity index (χ1v) is 7.90. The predicted molar refractivity (Wildman–Crippen MR) is 93.3 cm³/mol. The Morgan fingerprint density at radius 1 is 1.20 bits per heavy atom. The molecule has 0 saturated heterocycles. The fraction of sp³-hybridized carbons (Fsp3) is 0.158. The molecule has 0 aliphatic rings. The Morgan fingerprint density at radius 2 is 2.00 bits per heavy atom. The van der Waals surface area contributed by atoms with Crippen molar-refractivity contribution in [2.75, 3.05) is 6.61 Å². The van der Waals surface area contributed by atoms with Gasteiger partial charge < -0.3 is 15.0 Å². The molecule has 0 aliphatic heterocycles. The molecular weight excluding hydrogens is 323 g/mol. The topological polar surface area (TPSA) is 71.2 Å². The average Bonchev–Trinajstić information content (AvgIpc) is 2.62. The summed E-state index contributed by atoms with van der Waals surface area (Å²) in [5.41, 5.74) is 0.463. The number of carbonyl (C=O) groups is 1. The van der Waals surface area contributed by atoms with Crippen LogP contribution in [0.1, 0.15) is 22.8 Å². The van der Waals surface area contributed by atoms with Crippen LogP contribution in [-0.2, 0) is 6.54 Å². The molecule has 2 aromatic carbocycles. The fourth-order valence-electron chi connectivity index (χ4n) is 2.58. The Morgan fingerprint density at radius 3 is 2.76 bits per heavy atom. The van der Waals surface area contributed by atoms with Crippen LogP contribution in [0.2, 0.25) is 0 Å². The molecule has 25 heavy (non-hydrogen) atoms. The van der Waals surface area contributed by atoms with Gasteiger partial charge in [-0.15, -0.1) is 0 Å². The first-order valence-electron chi connectivity index (χ1n) is 7.90. The van der Waals surface area contributed by atoms with Crippen molar-refractivity contribution in [2.24, 2.45) is 0 Å². The van der Waals surface area contributed by atoms with Gasteiger partial charge in [0.15, 0.2) is 0 Å². The molecule has 6 heteroatoms. The zero-order valence-corrected chi connectivity index (χ0v) is 13.6. The minimum Gasteiger partial charge on any atom is -0.492 e. The van der Waals surface area contributed by atoms with Gasteiger partial charge in [0, 0.05) is 18.3 Å². The summed E-state index contributed by atoms with van der Waals surface area (Å²) in [6.07, 6.45) is 1.35. The van der Waals surface area contributed by atoms with Gasteiger partial charge in [-0.3, -0.25) is 9.59 Å². The van der Waals surface area contributed by atoms with Gasteiger partial charge in [-0.05, 0) is 25.1 Å². The summed E-state index contributed by atoms with van der Waals surface area (Å²) in [4.78, 5) is 27.9. The smallest absolute Gasteiger partial charge is 0.257 e. The predicted octanol–water partition coefficient (Wildman–Crippen LogP) is 3.00. The number of ether oxygens (including phenoxy) is 1. The van der Waals surface area contributed by atoms with Crippen LogP contribution in [0, 0.1) is 5.82 Å². The maximum atomic E-state index is 13.6. The van der Waals surface area contributed by atoms with E-state index in [-0.39, 0.29) is 12.1 Å². The lowest BCUT2D eigenvalue weighted by Gasteiger charge is -2.09. The van der Waals surface area contributed by atoms with Gasteiger partial charge in [-0.2, -0.15) is 0 Å². The van der Waals surface area contributed by atoms with Gasteiger partial charge in [0.25, 0.3) is 5.91 Å². The van der Waals surface area contributed by atoms with E-state index in [0.717, 1.165) is 0 Å². The number of H-pyrrole nitrogens is 1. The number of halogens is 1. The number of carbonyl (C=O) groups excluding carboxylic acids is 1. The number of fused-ring (bicyclic) bond motifs is 1. The lowest BCUT2D eigenvalue weighted by molar-refractivity contribution is 0.0949. The van der Waals surface area contributed by atoms with Crippen molar-refractivity contribution in [1.29, 1.82) is 0 Å². The number of rotatable bonds is 5. The highest BCUT2D eigenvalue weighted by Gasteiger charge is 2.15. The number of aromatic amines is 1. The van der Waals surface area contributed by atoms with Gasteiger partial charge in [-0.25, -0.2) is 4.39 Å². The molecule has 0 atom stereocenters. The van der Waals surface area contributed by atoms with Gasteiger partial charge in [-0.1, -0.05) is 24.3 Å². The van der Waals surface area contributed by atoms with Crippen molar-refractivity contribution >= 4 is 16.8 Å². The third-order valence-corrected chi connectivity index (χ3v) is 3.82. The summed E-state index contributed by atoms with van der Waals surface area (Å²) in [5, 5.41) is 2.94. The standard InChI is InChI=1S/C19H17FN2O3/c1-2-25-16-9-5-7-13-17(16)21-11-14(18(13)23)19(24)22-10-12-6-3-4-8-15(12)20/h3-9,11H,2,10H2,1H3,(H,21,23)(H,22,24). The van der Waals surface area contributed by atoms with Crippen LogP contribution in [0.3, 0.4) is 0 Å². The van der Waals surface area contributed by atoms with E-state index < -0.39 is 17.2 Å². The summed E-state index contributed by atoms with van der Waals surface area (Å²) in [5.74, 6) is -0.416. The van der Waals surface area contributed by atoms with Crippen LogP contribution >= 0.6 is 0 Å². The molecule has 0 aliphatic carbocycles. The summed E-state index contributed by atoms with van der Waals surface area (Å²) in [7, 11) is 0. The fourth-order valence-corrected chi connectivity index (χ4v) is 2.58. The molecule has 3 rings (SSSR count). The van der Waals surface area contributed by atoms with Crippen molar-refractivity contribution in [3.05, 3.63) is 75.8 Å². The van der Waals surface area contributed by atoms with E-state index in [1.807, 2.05) is 6.92 Å². The number of para-hydroxylation sites is 1. The highest BCUT2D eigenvalue weighted by molar-refractivity contribution is 5.97. The van der Waals surface area contributed by atoms with E-state index in [0.29, 0.717) is 28.8 Å². The number of pyridine rings is 1. The lowest BCUT2D eigenvalue weighted by atomic mass is 10.1. The van der Waals surface area contributed by atoms with Gasteiger partial charge in [0.2, 0.25) is 5.43 Å². The molecule has 1 heterocycles. The highest BCUT2D eigenvalue weighted by Crippen LogP contribution is 2.21. The second-order valence-electron chi connectivity index (χ2n) is 5.42. The number of amides is 1. The Kier molecular flexibility index (Phi) is 4.79.